The number of hydrogen-bond donors (Lipinski definition) is 3. The van der Waals surface area contributed by atoms with Crippen LogP contribution in [0.5, 0.6) is 5.75 Å². The Morgan fingerprint density at radius 1 is 1.00 bits per heavy atom. The lowest BCUT2D eigenvalue weighted by Gasteiger charge is -2.14. The molecule has 1 atom stereocenters. The normalized spacial score (nSPS) is 11.5. The molecule has 0 aliphatic rings. The first-order valence-corrected chi connectivity index (χ1v) is 7.52. The van der Waals surface area contributed by atoms with E-state index < -0.39 is 18.1 Å². The van der Waals surface area contributed by atoms with Gasteiger partial charge in [0.1, 0.15) is 18.4 Å². The lowest BCUT2D eigenvalue weighted by Crippen LogP contribution is -2.41. The summed E-state index contributed by atoms with van der Waals surface area (Å²) < 4.78 is 5.03. The minimum absolute atomic E-state index is 0.0803. The van der Waals surface area contributed by atoms with Gasteiger partial charge in [0.15, 0.2) is 0 Å². The Bertz CT molecular complexity index is 670. The zero-order valence-electron chi connectivity index (χ0n) is 13.0. The van der Waals surface area contributed by atoms with Gasteiger partial charge in [-0.05, 0) is 36.1 Å². The van der Waals surface area contributed by atoms with Crippen LogP contribution >= 0.6 is 0 Å². The molecule has 6 heteroatoms. The van der Waals surface area contributed by atoms with E-state index in [2.05, 4.69) is 5.32 Å². The van der Waals surface area contributed by atoms with Gasteiger partial charge in [0.05, 0.1) is 0 Å². The minimum Gasteiger partial charge on any atom is -0.508 e. The highest BCUT2D eigenvalue weighted by molar-refractivity contribution is 5.79. The number of carbonyl (C=O) groups is 2. The van der Waals surface area contributed by atoms with E-state index in [4.69, 9.17) is 4.74 Å². The Morgan fingerprint density at radius 3 is 2.29 bits per heavy atom. The predicted octanol–water partition coefficient (Wildman–Crippen LogP) is 2.70. The monoisotopic (exact) mass is 329 g/mol. The maximum absolute atomic E-state index is 11.8. The van der Waals surface area contributed by atoms with Crippen molar-refractivity contribution in [3.05, 3.63) is 65.7 Å². The largest absolute Gasteiger partial charge is 0.508 e. The number of aliphatic carboxylic acids is 1. The molecule has 0 heterocycles. The number of phenols is 1. The van der Waals surface area contributed by atoms with Gasteiger partial charge < -0.3 is 20.3 Å². The number of ether oxygens (including phenoxy) is 1. The Kier molecular flexibility index (Phi) is 6.19. The van der Waals surface area contributed by atoms with Crippen molar-refractivity contribution < 1.29 is 24.5 Å². The molecule has 0 bridgehead atoms. The summed E-state index contributed by atoms with van der Waals surface area (Å²) in [4.78, 5) is 23.0. The Morgan fingerprint density at radius 2 is 1.67 bits per heavy atom. The molecule has 0 unspecified atom stereocenters. The van der Waals surface area contributed by atoms with Gasteiger partial charge in [-0.3, -0.25) is 0 Å². The fourth-order valence-electron chi connectivity index (χ4n) is 2.14. The van der Waals surface area contributed by atoms with Crippen molar-refractivity contribution >= 4 is 12.1 Å². The Balaban J connectivity index is 1.82. The van der Waals surface area contributed by atoms with E-state index in [-0.39, 0.29) is 18.8 Å². The molecule has 2 aromatic rings. The maximum Gasteiger partial charge on any atom is 0.408 e. The molecule has 0 saturated heterocycles. The highest BCUT2D eigenvalue weighted by Crippen LogP contribution is 2.12. The first-order chi connectivity index (χ1) is 11.5. The molecule has 6 nitrogen and oxygen atoms in total. The summed E-state index contributed by atoms with van der Waals surface area (Å²) >= 11 is 0. The molecule has 126 valence electrons. The molecule has 3 N–H and O–H groups in total. The highest BCUT2D eigenvalue weighted by Gasteiger charge is 2.20. The molecular weight excluding hydrogens is 310 g/mol. The van der Waals surface area contributed by atoms with Gasteiger partial charge in [-0.25, -0.2) is 9.59 Å². The van der Waals surface area contributed by atoms with E-state index in [1.54, 1.807) is 12.1 Å². The Labute approximate surface area is 139 Å². The third kappa shape index (κ3) is 5.64. The third-order valence-corrected chi connectivity index (χ3v) is 3.46. The average molecular weight is 329 g/mol. The molecule has 2 aromatic carbocycles. The topological polar surface area (TPSA) is 95.9 Å². The summed E-state index contributed by atoms with van der Waals surface area (Å²) in [5, 5.41) is 20.8. The van der Waals surface area contributed by atoms with Gasteiger partial charge >= 0.3 is 12.1 Å². The van der Waals surface area contributed by atoms with Crippen LogP contribution in [0.4, 0.5) is 4.79 Å². The first-order valence-electron chi connectivity index (χ1n) is 7.52. The average Bonchev–Trinajstić information content (AvgIpc) is 2.59. The smallest absolute Gasteiger partial charge is 0.408 e. The number of amides is 1. The summed E-state index contributed by atoms with van der Waals surface area (Å²) in [5.74, 6) is -0.971. The van der Waals surface area contributed by atoms with Crippen molar-refractivity contribution in [2.24, 2.45) is 0 Å². The lowest BCUT2D eigenvalue weighted by molar-refractivity contribution is -0.139. The summed E-state index contributed by atoms with van der Waals surface area (Å²) in [6.07, 6.45) is -0.0894. The van der Waals surface area contributed by atoms with E-state index >= 15 is 0 Å². The second-order valence-electron chi connectivity index (χ2n) is 5.30. The number of hydrogen-bond acceptors (Lipinski definition) is 4. The predicted molar refractivity (Wildman–Crippen MR) is 87.6 cm³/mol. The number of aromatic hydroxyl groups is 1. The molecule has 0 radical (unpaired) electrons. The quantitative estimate of drug-likeness (QED) is 0.726. The van der Waals surface area contributed by atoms with Gasteiger partial charge in [0, 0.05) is 0 Å². The van der Waals surface area contributed by atoms with E-state index in [0.717, 1.165) is 11.1 Å². The van der Waals surface area contributed by atoms with Crippen LogP contribution in [-0.4, -0.2) is 28.3 Å². The van der Waals surface area contributed by atoms with Crippen LogP contribution in [-0.2, 0) is 22.6 Å². The number of phenolic OH excluding ortho intramolecular Hbond substituents is 1. The second kappa shape index (κ2) is 8.57. The van der Waals surface area contributed by atoms with Gasteiger partial charge in [-0.2, -0.15) is 0 Å². The number of nitrogens with one attached hydrogen (secondary N) is 1. The van der Waals surface area contributed by atoms with Crippen molar-refractivity contribution in [2.75, 3.05) is 0 Å². The van der Waals surface area contributed by atoms with Gasteiger partial charge in [0.25, 0.3) is 0 Å². The van der Waals surface area contributed by atoms with Crippen molar-refractivity contribution in [1.29, 1.82) is 0 Å². The first kappa shape index (κ1) is 17.3. The molecule has 2 rings (SSSR count). The van der Waals surface area contributed by atoms with Crippen LogP contribution < -0.4 is 5.32 Å². The van der Waals surface area contributed by atoms with Crippen LogP contribution in [0.3, 0.4) is 0 Å². The third-order valence-electron chi connectivity index (χ3n) is 3.46. The Hall–Kier alpha value is -3.02. The van der Waals surface area contributed by atoms with E-state index in [0.29, 0.717) is 6.42 Å². The summed E-state index contributed by atoms with van der Waals surface area (Å²) in [6.45, 7) is 0.0803. The fraction of sp³-hybridized carbons (Fsp3) is 0.222. The van der Waals surface area contributed by atoms with Crippen LogP contribution in [0.2, 0.25) is 0 Å². The molecule has 0 aliphatic carbocycles. The summed E-state index contributed by atoms with van der Waals surface area (Å²) in [6, 6.07) is 14.6. The van der Waals surface area contributed by atoms with Gasteiger partial charge in [-0.15, -0.1) is 0 Å². The van der Waals surface area contributed by atoms with Crippen LogP contribution in [0.25, 0.3) is 0 Å². The zero-order chi connectivity index (χ0) is 17.4. The van der Waals surface area contributed by atoms with E-state index in [1.165, 1.54) is 12.1 Å². The minimum atomic E-state index is -1.12. The molecular formula is C18H19NO5. The molecule has 24 heavy (non-hydrogen) atoms. The number of alkyl carbamates (subject to hydrolysis) is 1. The number of carbonyl (C=O) groups excluding carboxylic acids is 1. The molecule has 0 fully saturated rings. The molecule has 0 spiro atoms. The standard InChI is InChI=1S/C18H19NO5/c20-15-9-6-13(7-10-15)8-11-16(17(21)22)19-18(23)24-12-14-4-2-1-3-5-14/h1-7,9-10,16,20H,8,11-12H2,(H,19,23)(H,21,22)/t16-/m0/s1. The SMILES string of the molecule is O=C(N[C@@H](CCc1ccc(O)cc1)C(=O)O)OCc1ccccc1. The zero-order valence-corrected chi connectivity index (χ0v) is 13.0. The van der Waals surface area contributed by atoms with Crippen LogP contribution in [0.15, 0.2) is 54.6 Å². The molecule has 0 aliphatic heterocycles. The van der Waals surface area contributed by atoms with Crippen molar-refractivity contribution in [2.45, 2.75) is 25.5 Å². The van der Waals surface area contributed by atoms with Crippen LogP contribution in [0, 0.1) is 0 Å². The van der Waals surface area contributed by atoms with Crippen molar-refractivity contribution in [1.82, 2.24) is 5.32 Å². The van der Waals surface area contributed by atoms with E-state index in [9.17, 15) is 19.8 Å². The van der Waals surface area contributed by atoms with Gasteiger partial charge in [0.2, 0.25) is 0 Å². The molecule has 1 amide bonds. The number of benzene rings is 2. The van der Waals surface area contributed by atoms with Crippen LogP contribution in [0.1, 0.15) is 17.5 Å². The lowest BCUT2D eigenvalue weighted by atomic mass is 10.1. The number of carboxylic acids is 1. The fourth-order valence-corrected chi connectivity index (χ4v) is 2.14. The van der Waals surface area contributed by atoms with Crippen molar-refractivity contribution in [3.8, 4) is 5.75 Å². The van der Waals surface area contributed by atoms with Crippen molar-refractivity contribution in [3.63, 3.8) is 0 Å². The number of rotatable bonds is 7. The maximum atomic E-state index is 11.8. The van der Waals surface area contributed by atoms with E-state index in [1.807, 2.05) is 30.3 Å². The summed E-state index contributed by atoms with van der Waals surface area (Å²) in [7, 11) is 0. The second-order valence-corrected chi connectivity index (χ2v) is 5.30. The highest BCUT2D eigenvalue weighted by atomic mass is 16.5. The number of carboxylic acid groups (broad SMARTS) is 1. The number of aryl methyl sites for hydroxylation is 1. The molecule has 0 aromatic heterocycles. The van der Waals surface area contributed by atoms with Gasteiger partial charge in [-0.1, -0.05) is 42.5 Å². The summed E-state index contributed by atoms with van der Waals surface area (Å²) in [5.41, 5.74) is 1.70. The molecule has 0 saturated carbocycles.